The molecule has 104 valence electrons. The summed E-state index contributed by atoms with van der Waals surface area (Å²) in [6, 6.07) is -3.40. The van der Waals surface area contributed by atoms with E-state index in [0.29, 0.717) is 11.4 Å². The maximum absolute atomic E-state index is 12.8. The summed E-state index contributed by atoms with van der Waals surface area (Å²) in [5.74, 6) is -2.04. The summed E-state index contributed by atoms with van der Waals surface area (Å²) < 4.78 is 38.5. The minimum absolute atomic E-state index is 0.0976. The zero-order valence-electron chi connectivity index (χ0n) is 10.2. The van der Waals surface area contributed by atoms with Crippen molar-refractivity contribution in [3.05, 3.63) is 0 Å². The van der Waals surface area contributed by atoms with Gasteiger partial charge in [0.2, 0.25) is 0 Å². The monoisotopic (exact) mass is 267 g/mol. The highest BCUT2D eigenvalue weighted by Gasteiger charge is 2.50. The zero-order chi connectivity index (χ0) is 14.1. The van der Waals surface area contributed by atoms with Gasteiger partial charge in [-0.15, -0.1) is 0 Å². The summed E-state index contributed by atoms with van der Waals surface area (Å²) in [7, 11) is 0. The van der Waals surface area contributed by atoms with Gasteiger partial charge in [0.1, 0.15) is 6.04 Å². The average Bonchev–Trinajstić information content (AvgIpc) is 2.22. The van der Waals surface area contributed by atoms with Gasteiger partial charge >= 0.3 is 18.0 Å². The summed E-state index contributed by atoms with van der Waals surface area (Å²) in [4.78, 5) is 25.0. The van der Waals surface area contributed by atoms with Gasteiger partial charge in [-0.2, -0.15) is 13.2 Å². The topological polar surface area (TPSA) is 66.6 Å². The van der Waals surface area contributed by atoms with E-state index in [1.165, 1.54) is 11.8 Å². The fourth-order valence-electron chi connectivity index (χ4n) is 2.02. The van der Waals surface area contributed by atoms with Gasteiger partial charge in [-0.25, -0.2) is 0 Å². The molecule has 1 aliphatic rings. The van der Waals surface area contributed by atoms with Crippen LogP contribution in [0.25, 0.3) is 0 Å². The highest BCUT2D eigenvalue weighted by Crippen LogP contribution is 2.28. The number of carbonyl (C=O) groups is 2. The number of piperazine rings is 1. The van der Waals surface area contributed by atoms with Gasteiger partial charge in [-0.05, 0) is 13.8 Å². The van der Waals surface area contributed by atoms with Gasteiger partial charge in [-0.3, -0.25) is 9.59 Å². The molecule has 1 fully saturated rings. The summed E-state index contributed by atoms with van der Waals surface area (Å²) in [6.07, 6.45) is -4.64. The van der Waals surface area contributed by atoms with E-state index >= 15 is 0 Å². The second-order valence-electron chi connectivity index (χ2n) is 4.23. The zero-order valence-corrected chi connectivity index (χ0v) is 10.2. The molecular formula is C10H16F3N3O2. The van der Waals surface area contributed by atoms with Crippen molar-refractivity contribution in [2.75, 3.05) is 19.6 Å². The molecule has 1 aliphatic heterocycles. The van der Waals surface area contributed by atoms with Crippen molar-refractivity contribution < 1.29 is 22.8 Å². The second-order valence-corrected chi connectivity index (χ2v) is 4.23. The Morgan fingerprint density at radius 2 is 1.83 bits per heavy atom. The maximum Gasteiger partial charge on any atom is 0.410 e. The van der Waals surface area contributed by atoms with E-state index in [-0.39, 0.29) is 13.1 Å². The first kappa shape index (κ1) is 14.7. The summed E-state index contributed by atoms with van der Waals surface area (Å²) in [6.45, 7) is 3.08. The van der Waals surface area contributed by atoms with Crippen molar-refractivity contribution in [1.29, 1.82) is 0 Å². The largest absolute Gasteiger partial charge is 0.410 e. The van der Waals surface area contributed by atoms with Crippen LogP contribution in [0.4, 0.5) is 13.2 Å². The molecule has 8 heteroatoms. The third kappa shape index (κ3) is 2.74. The van der Waals surface area contributed by atoms with Crippen LogP contribution in [0.15, 0.2) is 0 Å². The van der Waals surface area contributed by atoms with E-state index in [0.717, 1.165) is 0 Å². The number of hydrogen-bond donors (Lipinski definition) is 1. The molecule has 0 saturated carbocycles. The van der Waals surface area contributed by atoms with E-state index in [1.807, 2.05) is 0 Å². The fraction of sp³-hybridized carbons (Fsp3) is 0.800. The first-order valence-electron chi connectivity index (χ1n) is 5.62. The minimum atomic E-state index is -4.64. The molecule has 0 aliphatic carbocycles. The van der Waals surface area contributed by atoms with Gasteiger partial charge in [0.15, 0.2) is 0 Å². The number of rotatable bonds is 3. The lowest BCUT2D eigenvalue weighted by Gasteiger charge is -2.40. The van der Waals surface area contributed by atoms with E-state index in [4.69, 9.17) is 5.73 Å². The SMILES string of the molecule is CCN1CCN(C(C(C)N)C(F)(F)F)C(=O)C1=O. The fourth-order valence-corrected chi connectivity index (χ4v) is 2.02. The van der Waals surface area contributed by atoms with Gasteiger partial charge in [0, 0.05) is 25.7 Å². The average molecular weight is 267 g/mol. The predicted octanol–water partition coefficient (Wildman–Crippen LogP) is -0.0448. The summed E-state index contributed by atoms with van der Waals surface area (Å²) in [5.41, 5.74) is 5.29. The standard InChI is InChI=1S/C10H16F3N3O2/c1-3-15-4-5-16(9(18)8(15)17)7(6(2)14)10(11,12)13/h6-7H,3-5,14H2,1-2H3. The Morgan fingerprint density at radius 3 is 2.22 bits per heavy atom. The lowest BCUT2D eigenvalue weighted by Crippen LogP contribution is -2.64. The molecule has 1 heterocycles. The van der Waals surface area contributed by atoms with Crippen LogP contribution in [-0.4, -0.2) is 59.5 Å². The predicted molar refractivity (Wildman–Crippen MR) is 57.5 cm³/mol. The molecule has 0 aromatic carbocycles. The van der Waals surface area contributed by atoms with Crippen LogP contribution in [0.1, 0.15) is 13.8 Å². The molecule has 2 unspecified atom stereocenters. The molecule has 0 radical (unpaired) electrons. The number of nitrogens with zero attached hydrogens (tertiary/aromatic N) is 2. The molecule has 2 atom stereocenters. The van der Waals surface area contributed by atoms with E-state index in [9.17, 15) is 22.8 Å². The minimum Gasteiger partial charge on any atom is -0.333 e. The molecule has 0 bridgehead atoms. The van der Waals surface area contributed by atoms with Crippen molar-refractivity contribution in [3.63, 3.8) is 0 Å². The number of amides is 2. The Kier molecular flexibility index (Phi) is 4.20. The number of likely N-dealkylation sites (N-methyl/N-ethyl adjacent to an activating group) is 1. The van der Waals surface area contributed by atoms with Crippen LogP contribution in [0.2, 0.25) is 0 Å². The second kappa shape index (κ2) is 5.13. The van der Waals surface area contributed by atoms with Crippen molar-refractivity contribution in [3.8, 4) is 0 Å². The third-order valence-electron chi connectivity index (χ3n) is 2.89. The van der Waals surface area contributed by atoms with Crippen molar-refractivity contribution >= 4 is 11.8 Å². The summed E-state index contributed by atoms with van der Waals surface area (Å²) in [5, 5.41) is 0. The normalized spacial score (nSPS) is 21.2. The Morgan fingerprint density at radius 1 is 1.28 bits per heavy atom. The van der Waals surface area contributed by atoms with Gasteiger partial charge in [-0.1, -0.05) is 0 Å². The smallest absolute Gasteiger partial charge is 0.333 e. The molecule has 0 spiro atoms. The Bertz CT molecular complexity index is 344. The van der Waals surface area contributed by atoms with E-state index in [2.05, 4.69) is 0 Å². The van der Waals surface area contributed by atoms with Gasteiger partial charge < -0.3 is 15.5 Å². The molecule has 0 aromatic rings. The van der Waals surface area contributed by atoms with Crippen LogP contribution in [0, 0.1) is 0 Å². The Balaban J connectivity index is 2.96. The van der Waals surface area contributed by atoms with Crippen LogP contribution in [0.3, 0.4) is 0 Å². The van der Waals surface area contributed by atoms with Gasteiger partial charge in [0.25, 0.3) is 0 Å². The molecule has 5 nitrogen and oxygen atoms in total. The van der Waals surface area contributed by atoms with E-state index in [1.54, 1.807) is 6.92 Å². The van der Waals surface area contributed by atoms with Crippen molar-refractivity contribution in [2.45, 2.75) is 32.1 Å². The summed E-state index contributed by atoms with van der Waals surface area (Å²) >= 11 is 0. The Hall–Kier alpha value is -1.31. The number of alkyl halides is 3. The molecular weight excluding hydrogens is 251 g/mol. The third-order valence-corrected chi connectivity index (χ3v) is 2.89. The first-order chi connectivity index (χ1) is 8.20. The molecule has 2 N–H and O–H groups in total. The maximum atomic E-state index is 12.8. The number of halogens is 3. The van der Waals surface area contributed by atoms with Crippen molar-refractivity contribution in [1.82, 2.24) is 9.80 Å². The molecule has 0 aromatic heterocycles. The number of nitrogens with two attached hydrogens (primary N) is 1. The quantitative estimate of drug-likeness (QED) is 0.729. The van der Waals surface area contributed by atoms with E-state index < -0.39 is 30.1 Å². The van der Waals surface area contributed by atoms with Crippen LogP contribution >= 0.6 is 0 Å². The van der Waals surface area contributed by atoms with Crippen LogP contribution in [0.5, 0.6) is 0 Å². The molecule has 18 heavy (non-hydrogen) atoms. The number of hydrogen-bond acceptors (Lipinski definition) is 3. The van der Waals surface area contributed by atoms with Crippen molar-refractivity contribution in [2.24, 2.45) is 5.73 Å². The molecule has 2 amide bonds. The highest BCUT2D eigenvalue weighted by molar-refractivity contribution is 6.35. The van der Waals surface area contributed by atoms with Crippen LogP contribution < -0.4 is 5.73 Å². The lowest BCUT2D eigenvalue weighted by molar-refractivity contribution is -0.198. The molecule has 1 saturated heterocycles. The first-order valence-corrected chi connectivity index (χ1v) is 5.62. The number of carbonyl (C=O) groups excluding carboxylic acids is 2. The lowest BCUT2D eigenvalue weighted by atomic mass is 10.1. The Labute approximate surface area is 103 Å². The molecule has 1 rings (SSSR count). The highest BCUT2D eigenvalue weighted by atomic mass is 19.4. The van der Waals surface area contributed by atoms with Gasteiger partial charge in [0.05, 0.1) is 0 Å². The van der Waals surface area contributed by atoms with Crippen LogP contribution in [-0.2, 0) is 9.59 Å².